The second-order valence-electron chi connectivity index (χ2n) is 5.76. The number of rotatable bonds is 4. The number of nitrogens with one attached hydrogen (secondary N) is 1. The minimum atomic E-state index is 0. The van der Waals surface area contributed by atoms with Crippen LogP contribution in [0, 0.1) is 6.92 Å². The van der Waals surface area contributed by atoms with E-state index >= 15 is 0 Å². The van der Waals surface area contributed by atoms with Crippen molar-refractivity contribution in [1.82, 2.24) is 30.0 Å². The maximum atomic E-state index is 4.50. The van der Waals surface area contributed by atoms with Crippen molar-refractivity contribution < 1.29 is 0 Å². The Kier molecular flexibility index (Phi) is 6.96. The second kappa shape index (κ2) is 8.75. The number of hydrogen-bond donors (Lipinski definition) is 1. The number of halogens is 1. The summed E-state index contributed by atoms with van der Waals surface area (Å²) in [6, 6.07) is 0. The lowest BCUT2D eigenvalue weighted by Crippen LogP contribution is -2.38. The molecule has 0 fully saturated rings. The van der Waals surface area contributed by atoms with Crippen LogP contribution >= 0.6 is 35.3 Å². The first-order valence-electron chi connectivity index (χ1n) is 7.91. The van der Waals surface area contributed by atoms with Crippen LogP contribution < -0.4 is 5.32 Å². The van der Waals surface area contributed by atoms with Crippen LogP contribution in [-0.2, 0) is 26.1 Å². The van der Waals surface area contributed by atoms with Gasteiger partial charge in [0.2, 0.25) is 0 Å². The van der Waals surface area contributed by atoms with Gasteiger partial charge in [-0.05, 0) is 19.8 Å². The minimum absolute atomic E-state index is 0. The van der Waals surface area contributed by atoms with Crippen molar-refractivity contribution in [2.75, 3.05) is 14.1 Å². The van der Waals surface area contributed by atoms with E-state index in [1.807, 2.05) is 14.0 Å². The predicted molar refractivity (Wildman–Crippen MR) is 107 cm³/mol. The number of aromatic nitrogens is 4. The van der Waals surface area contributed by atoms with Crippen molar-refractivity contribution >= 4 is 41.3 Å². The van der Waals surface area contributed by atoms with E-state index in [-0.39, 0.29) is 24.0 Å². The van der Waals surface area contributed by atoms with Crippen LogP contribution in [0.2, 0.25) is 0 Å². The third kappa shape index (κ3) is 4.44. The quantitative estimate of drug-likeness (QED) is 0.430. The van der Waals surface area contributed by atoms with Gasteiger partial charge in [-0.3, -0.25) is 4.99 Å². The molecule has 0 unspecified atom stereocenters. The first kappa shape index (κ1) is 19.1. The van der Waals surface area contributed by atoms with Crippen LogP contribution in [0.3, 0.4) is 0 Å². The Morgan fingerprint density at radius 1 is 1.42 bits per heavy atom. The predicted octanol–water partition coefficient (Wildman–Crippen LogP) is 2.20. The van der Waals surface area contributed by atoms with Crippen LogP contribution in [0.25, 0.3) is 0 Å². The molecule has 3 heterocycles. The van der Waals surface area contributed by atoms with Gasteiger partial charge in [-0.25, -0.2) is 4.98 Å². The molecule has 0 radical (unpaired) electrons. The lowest BCUT2D eigenvalue weighted by Gasteiger charge is -2.21. The number of hydrogen-bond acceptors (Lipinski definition) is 5. The molecule has 0 spiro atoms. The van der Waals surface area contributed by atoms with E-state index in [1.54, 1.807) is 18.4 Å². The summed E-state index contributed by atoms with van der Waals surface area (Å²) >= 11 is 1.67. The summed E-state index contributed by atoms with van der Waals surface area (Å²) in [5.74, 6) is 2.93. The molecule has 9 heteroatoms. The molecule has 0 aromatic carbocycles. The Bertz CT molecular complexity index is 694. The molecule has 0 amide bonds. The molecule has 2 aromatic heterocycles. The number of fused-ring (bicyclic) bond motifs is 1. The maximum Gasteiger partial charge on any atom is 0.194 e. The number of aliphatic imine (C=N–C) groups is 1. The molecular weight excluding hydrogens is 437 g/mol. The summed E-state index contributed by atoms with van der Waals surface area (Å²) in [6.07, 6.45) is 3.45. The van der Waals surface area contributed by atoms with Gasteiger partial charge in [0.05, 0.1) is 23.8 Å². The lowest BCUT2D eigenvalue weighted by atomic mass is 10.2. The number of aryl methyl sites for hydroxylation is 2. The van der Waals surface area contributed by atoms with E-state index in [2.05, 4.69) is 40.3 Å². The van der Waals surface area contributed by atoms with Gasteiger partial charge >= 0.3 is 0 Å². The van der Waals surface area contributed by atoms with Crippen molar-refractivity contribution in [3.8, 4) is 0 Å². The molecule has 1 N–H and O–H groups in total. The summed E-state index contributed by atoms with van der Waals surface area (Å²) in [5, 5.41) is 15.2. The highest BCUT2D eigenvalue weighted by Gasteiger charge is 2.16. The lowest BCUT2D eigenvalue weighted by molar-refractivity contribution is 0.463. The Morgan fingerprint density at radius 2 is 2.25 bits per heavy atom. The summed E-state index contributed by atoms with van der Waals surface area (Å²) in [4.78, 5) is 10.9. The molecule has 0 aliphatic carbocycles. The molecule has 0 saturated carbocycles. The molecule has 0 bridgehead atoms. The van der Waals surface area contributed by atoms with Crippen LogP contribution in [0.15, 0.2) is 10.4 Å². The number of nitrogens with zero attached hydrogens (tertiary/aromatic N) is 6. The summed E-state index contributed by atoms with van der Waals surface area (Å²) in [6.45, 7) is 4.42. The first-order chi connectivity index (χ1) is 11.2. The second-order valence-corrected chi connectivity index (χ2v) is 6.82. The van der Waals surface area contributed by atoms with Gasteiger partial charge in [0, 0.05) is 32.4 Å². The highest BCUT2D eigenvalue weighted by molar-refractivity contribution is 14.0. The molecule has 0 saturated heterocycles. The number of guanidine groups is 1. The zero-order valence-corrected chi connectivity index (χ0v) is 17.5. The Balaban J connectivity index is 0.00000208. The van der Waals surface area contributed by atoms with Gasteiger partial charge in [0.15, 0.2) is 11.8 Å². The molecule has 1 aliphatic heterocycles. The van der Waals surface area contributed by atoms with Gasteiger partial charge in [-0.15, -0.1) is 45.5 Å². The van der Waals surface area contributed by atoms with E-state index in [1.165, 1.54) is 12.8 Å². The van der Waals surface area contributed by atoms with Crippen molar-refractivity contribution in [2.24, 2.45) is 4.99 Å². The summed E-state index contributed by atoms with van der Waals surface area (Å²) in [7, 11) is 3.81. The van der Waals surface area contributed by atoms with Gasteiger partial charge in [-0.1, -0.05) is 0 Å². The third-order valence-electron chi connectivity index (χ3n) is 3.98. The van der Waals surface area contributed by atoms with Gasteiger partial charge in [0.25, 0.3) is 0 Å². The van der Waals surface area contributed by atoms with Crippen LogP contribution in [0.1, 0.15) is 35.2 Å². The average Bonchev–Trinajstić information content (AvgIpc) is 3.14. The minimum Gasteiger partial charge on any atom is -0.349 e. The fourth-order valence-electron chi connectivity index (χ4n) is 2.84. The summed E-state index contributed by atoms with van der Waals surface area (Å²) < 4.78 is 2.23. The smallest absolute Gasteiger partial charge is 0.194 e. The van der Waals surface area contributed by atoms with Crippen molar-refractivity contribution in [3.05, 3.63) is 27.7 Å². The average molecular weight is 461 g/mol. The molecule has 7 nitrogen and oxygen atoms in total. The Labute approximate surface area is 163 Å². The normalized spacial score (nSPS) is 14.0. The van der Waals surface area contributed by atoms with E-state index < -0.39 is 0 Å². The maximum absolute atomic E-state index is 4.50. The van der Waals surface area contributed by atoms with E-state index in [0.717, 1.165) is 47.8 Å². The highest BCUT2D eigenvalue weighted by atomic mass is 127. The Hall–Kier alpha value is -1.23. The van der Waals surface area contributed by atoms with Crippen LogP contribution in [0.5, 0.6) is 0 Å². The standard InChI is InChI=1S/C15H23N7S.HI/c1-11-18-12(10-23-11)9-21(3)15(16-2)17-8-14-20-19-13-6-4-5-7-22(13)14;/h10H,4-9H2,1-3H3,(H,16,17);1H. The van der Waals surface area contributed by atoms with Crippen molar-refractivity contribution in [2.45, 2.75) is 45.8 Å². The monoisotopic (exact) mass is 461 g/mol. The summed E-state index contributed by atoms with van der Waals surface area (Å²) in [5.41, 5.74) is 1.07. The fraction of sp³-hybridized carbons (Fsp3) is 0.600. The van der Waals surface area contributed by atoms with E-state index in [9.17, 15) is 0 Å². The zero-order valence-electron chi connectivity index (χ0n) is 14.3. The Morgan fingerprint density at radius 3 is 2.96 bits per heavy atom. The zero-order chi connectivity index (χ0) is 16.2. The SMILES string of the molecule is CN=C(NCc1nnc2n1CCCC2)N(C)Cc1csc(C)n1.I. The van der Waals surface area contributed by atoms with Crippen molar-refractivity contribution in [1.29, 1.82) is 0 Å². The van der Waals surface area contributed by atoms with Gasteiger partial charge < -0.3 is 14.8 Å². The van der Waals surface area contributed by atoms with Crippen LogP contribution in [0.4, 0.5) is 0 Å². The topological polar surface area (TPSA) is 71.2 Å². The van der Waals surface area contributed by atoms with Crippen LogP contribution in [-0.4, -0.2) is 44.7 Å². The van der Waals surface area contributed by atoms with Gasteiger partial charge in [-0.2, -0.15) is 0 Å². The molecule has 24 heavy (non-hydrogen) atoms. The third-order valence-corrected chi connectivity index (χ3v) is 4.80. The molecule has 132 valence electrons. The van der Waals surface area contributed by atoms with E-state index in [4.69, 9.17) is 0 Å². The number of thiazole rings is 1. The molecule has 3 rings (SSSR count). The molecule has 1 aliphatic rings. The molecule has 0 atom stereocenters. The van der Waals surface area contributed by atoms with Gasteiger partial charge in [0.1, 0.15) is 5.82 Å². The molecule has 2 aromatic rings. The van der Waals surface area contributed by atoms with Crippen molar-refractivity contribution in [3.63, 3.8) is 0 Å². The largest absolute Gasteiger partial charge is 0.349 e. The first-order valence-corrected chi connectivity index (χ1v) is 8.79. The highest BCUT2D eigenvalue weighted by Crippen LogP contribution is 2.14. The fourth-order valence-corrected chi connectivity index (χ4v) is 3.44. The molecular formula is C15H24IN7S. The van der Waals surface area contributed by atoms with E-state index in [0.29, 0.717) is 6.54 Å².